The highest BCUT2D eigenvalue weighted by Crippen LogP contribution is 2.38. The fourth-order valence-corrected chi connectivity index (χ4v) is 2.82. The van der Waals surface area contributed by atoms with Crippen LogP contribution in [0.4, 0.5) is 0 Å². The molecule has 2 rings (SSSR count). The summed E-state index contributed by atoms with van der Waals surface area (Å²) in [5, 5.41) is 8.47. The lowest BCUT2D eigenvalue weighted by Gasteiger charge is -2.31. The lowest BCUT2D eigenvalue weighted by atomic mass is 9.72. The molecule has 0 heterocycles. The summed E-state index contributed by atoms with van der Waals surface area (Å²) in [7, 11) is 0. The van der Waals surface area contributed by atoms with Crippen molar-refractivity contribution in [1.82, 2.24) is 0 Å². The average molecular weight is 359 g/mol. The molecular weight excluding hydrogens is 332 g/mol. The normalized spacial score (nSPS) is 22.0. The predicted octanol–water partition coefficient (Wildman–Crippen LogP) is 6.30. The summed E-state index contributed by atoms with van der Waals surface area (Å²) in [4.78, 5) is 12.9. The van der Waals surface area contributed by atoms with Crippen LogP contribution in [-0.2, 0) is 4.79 Å². The fourth-order valence-electron chi connectivity index (χ4n) is 2.66. The molecule has 2 aliphatic carbocycles. The van der Waals surface area contributed by atoms with Crippen LogP contribution >= 0.6 is 11.6 Å². The zero-order chi connectivity index (χ0) is 18.8. The van der Waals surface area contributed by atoms with Gasteiger partial charge in [0.25, 0.3) is 0 Å². The van der Waals surface area contributed by atoms with Gasteiger partial charge in [-0.15, -0.1) is 11.6 Å². The van der Waals surface area contributed by atoms with Crippen LogP contribution in [-0.4, -0.2) is 11.2 Å². The van der Waals surface area contributed by atoms with Gasteiger partial charge in [-0.1, -0.05) is 53.7 Å². The molecule has 0 aliphatic heterocycles. The molecule has 0 fully saturated rings. The van der Waals surface area contributed by atoms with E-state index in [9.17, 15) is 4.79 Å². The molecule has 0 radical (unpaired) electrons. The van der Waals surface area contributed by atoms with E-state index in [1.165, 1.54) is 0 Å². The van der Waals surface area contributed by atoms with Gasteiger partial charge in [-0.05, 0) is 41.1 Å². The van der Waals surface area contributed by atoms with Crippen LogP contribution in [0, 0.1) is 10.8 Å². The smallest absolute Gasteiger partial charge is 0.186 e. The van der Waals surface area contributed by atoms with Gasteiger partial charge in [-0.2, -0.15) is 10.2 Å². The van der Waals surface area contributed by atoms with Gasteiger partial charge in [0.15, 0.2) is 5.78 Å². The fraction of sp³-hybridized carbons (Fsp3) is 0.476. The first-order chi connectivity index (χ1) is 11.5. The number of ketones is 1. The van der Waals surface area contributed by atoms with Crippen molar-refractivity contribution in [3.05, 3.63) is 59.0 Å². The Hall–Kier alpha value is -1.74. The first-order valence-corrected chi connectivity index (χ1v) is 9.04. The molecule has 1 atom stereocenters. The van der Waals surface area contributed by atoms with E-state index in [-0.39, 0.29) is 22.0 Å². The first kappa shape index (κ1) is 19.6. The summed E-state index contributed by atoms with van der Waals surface area (Å²) in [5.41, 5.74) is 2.88. The molecule has 25 heavy (non-hydrogen) atoms. The van der Waals surface area contributed by atoms with Crippen LogP contribution in [0.2, 0.25) is 0 Å². The lowest BCUT2D eigenvalue weighted by molar-refractivity contribution is -0.114. The molecule has 134 valence electrons. The summed E-state index contributed by atoms with van der Waals surface area (Å²) < 4.78 is 0. The minimum Gasteiger partial charge on any atom is -0.289 e. The molecule has 0 aromatic heterocycles. The second-order valence-corrected chi connectivity index (χ2v) is 9.09. The molecule has 0 saturated heterocycles. The monoisotopic (exact) mass is 358 g/mol. The highest BCUT2D eigenvalue weighted by Gasteiger charge is 2.33. The zero-order valence-corrected chi connectivity index (χ0v) is 16.7. The molecule has 1 unspecified atom stereocenters. The molecule has 4 heteroatoms. The van der Waals surface area contributed by atoms with Gasteiger partial charge in [0.05, 0.1) is 17.3 Å². The van der Waals surface area contributed by atoms with Crippen LogP contribution < -0.4 is 0 Å². The number of halogens is 1. The Balaban J connectivity index is 2.34. The van der Waals surface area contributed by atoms with Crippen LogP contribution in [0.5, 0.6) is 0 Å². The average Bonchev–Trinajstić information content (AvgIpc) is 2.48. The zero-order valence-electron chi connectivity index (χ0n) is 15.9. The topological polar surface area (TPSA) is 41.8 Å². The number of nitrogens with zero attached hydrogens (tertiary/aromatic N) is 2. The van der Waals surface area contributed by atoms with E-state index in [1.807, 2.05) is 30.4 Å². The molecule has 0 N–H and O–H groups in total. The standard InChI is InChI=1S/C21H27ClN2O/c1-20(2,3)17-11-14(12-18(19(17)25)21(4,5)6)13-23-24-16-9-7-15(22)8-10-16/h7,9-13,15H,8H2,1-6H3. The Morgan fingerprint density at radius 2 is 1.64 bits per heavy atom. The largest absolute Gasteiger partial charge is 0.289 e. The Bertz CT molecular complexity index is 699. The minimum absolute atomic E-state index is 0.0382. The molecule has 0 bridgehead atoms. The number of hydrogen-bond donors (Lipinski definition) is 0. The second kappa shape index (κ2) is 7.25. The van der Waals surface area contributed by atoms with E-state index in [2.05, 4.69) is 51.8 Å². The van der Waals surface area contributed by atoms with Gasteiger partial charge in [0, 0.05) is 11.1 Å². The Morgan fingerprint density at radius 1 is 1.08 bits per heavy atom. The SMILES string of the molecule is CC(C)(C)C1=CC(=CN=NC2=CCC(Cl)C=C2)C=C(C(C)(C)C)C1=O. The molecule has 2 aliphatic rings. The number of rotatable bonds is 2. The van der Waals surface area contributed by atoms with E-state index < -0.39 is 0 Å². The van der Waals surface area contributed by atoms with Gasteiger partial charge in [0.1, 0.15) is 0 Å². The van der Waals surface area contributed by atoms with Crippen LogP contribution in [0.1, 0.15) is 48.0 Å². The van der Waals surface area contributed by atoms with E-state index >= 15 is 0 Å². The summed E-state index contributed by atoms with van der Waals surface area (Å²) >= 11 is 6.01. The third-order valence-corrected chi connectivity index (χ3v) is 4.46. The van der Waals surface area contributed by atoms with Crippen molar-refractivity contribution in [2.75, 3.05) is 0 Å². The van der Waals surface area contributed by atoms with E-state index in [1.54, 1.807) is 6.20 Å². The van der Waals surface area contributed by atoms with Crippen molar-refractivity contribution in [1.29, 1.82) is 0 Å². The van der Waals surface area contributed by atoms with Crippen LogP contribution in [0.25, 0.3) is 0 Å². The van der Waals surface area contributed by atoms with E-state index in [0.717, 1.165) is 28.8 Å². The number of carbonyl (C=O) groups is 1. The number of carbonyl (C=O) groups excluding carboxylic acids is 1. The van der Waals surface area contributed by atoms with Crippen LogP contribution in [0.3, 0.4) is 0 Å². The second-order valence-electron chi connectivity index (χ2n) is 8.53. The van der Waals surface area contributed by atoms with E-state index in [4.69, 9.17) is 11.6 Å². The third-order valence-electron chi connectivity index (χ3n) is 4.14. The molecule has 0 aromatic carbocycles. The van der Waals surface area contributed by atoms with Gasteiger partial charge in [-0.25, -0.2) is 0 Å². The molecule has 0 amide bonds. The molecule has 3 nitrogen and oxygen atoms in total. The number of allylic oxidation sites excluding steroid dienone is 8. The molecule has 0 aromatic rings. The van der Waals surface area contributed by atoms with E-state index in [0.29, 0.717) is 0 Å². The van der Waals surface area contributed by atoms with Crippen LogP contribution in [0.15, 0.2) is 69.2 Å². The maximum atomic E-state index is 12.9. The maximum Gasteiger partial charge on any atom is 0.186 e. The third kappa shape index (κ3) is 5.12. The van der Waals surface area contributed by atoms with Gasteiger partial charge in [-0.3, -0.25) is 4.79 Å². The van der Waals surface area contributed by atoms with Crippen molar-refractivity contribution in [2.45, 2.75) is 53.3 Å². The minimum atomic E-state index is -0.220. The molecule has 0 spiro atoms. The summed E-state index contributed by atoms with van der Waals surface area (Å²) in [6.07, 6.45) is 12.1. The quantitative estimate of drug-likeness (QED) is 0.421. The Morgan fingerprint density at radius 3 is 2.08 bits per heavy atom. The molecular formula is C21H27ClN2O. The summed E-state index contributed by atoms with van der Waals surface area (Å²) in [6, 6.07) is 0. The number of hydrogen-bond acceptors (Lipinski definition) is 3. The van der Waals surface area contributed by atoms with Gasteiger partial charge < -0.3 is 0 Å². The number of azo groups is 1. The number of alkyl halides is 1. The van der Waals surface area contributed by atoms with Gasteiger partial charge in [0.2, 0.25) is 0 Å². The molecule has 0 saturated carbocycles. The van der Waals surface area contributed by atoms with Crippen molar-refractivity contribution in [3.8, 4) is 0 Å². The van der Waals surface area contributed by atoms with Crippen molar-refractivity contribution < 1.29 is 4.79 Å². The Kier molecular flexibility index (Phi) is 5.68. The number of Topliss-reactive ketones (excluding diaryl/α,β-unsaturated/α-hetero) is 1. The summed E-state index contributed by atoms with van der Waals surface area (Å²) in [6.45, 7) is 12.3. The van der Waals surface area contributed by atoms with Crippen molar-refractivity contribution in [2.24, 2.45) is 21.1 Å². The lowest BCUT2D eigenvalue weighted by Crippen LogP contribution is -2.27. The Labute approximate surface area is 155 Å². The highest BCUT2D eigenvalue weighted by atomic mass is 35.5. The maximum absolute atomic E-state index is 12.9. The van der Waals surface area contributed by atoms with Gasteiger partial charge >= 0.3 is 0 Å². The van der Waals surface area contributed by atoms with Crippen molar-refractivity contribution >= 4 is 17.4 Å². The first-order valence-electron chi connectivity index (χ1n) is 8.61. The predicted molar refractivity (Wildman–Crippen MR) is 105 cm³/mol. The van der Waals surface area contributed by atoms with Crippen molar-refractivity contribution in [3.63, 3.8) is 0 Å². The highest BCUT2D eigenvalue weighted by molar-refractivity contribution is 6.22. The summed E-state index contributed by atoms with van der Waals surface area (Å²) in [5.74, 6) is 0.125.